The minimum atomic E-state index is -0.285. The molecule has 1 aromatic heterocycles. The molecule has 0 fully saturated rings. The molecule has 3 rings (SSSR count). The van der Waals surface area contributed by atoms with Crippen LogP contribution in [0.5, 0.6) is 5.75 Å². The van der Waals surface area contributed by atoms with Gasteiger partial charge in [-0.05, 0) is 46.8 Å². The van der Waals surface area contributed by atoms with E-state index in [0.717, 1.165) is 5.69 Å². The number of aromatic nitrogens is 4. The van der Waals surface area contributed by atoms with E-state index < -0.39 is 0 Å². The van der Waals surface area contributed by atoms with Gasteiger partial charge in [0, 0.05) is 12.7 Å². The van der Waals surface area contributed by atoms with Gasteiger partial charge in [-0.15, -0.1) is 5.10 Å². The lowest BCUT2D eigenvalue weighted by atomic mass is 10.2. The van der Waals surface area contributed by atoms with E-state index in [1.54, 1.807) is 49.6 Å². The lowest BCUT2D eigenvalue weighted by Crippen LogP contribution is -2.14. The van der Waals surface area contributed by atoms with Gasteiger partial charge < -0.3 is 14.8 Å². The minimum absolute atomic E-state index is 0.285. The van der Waals surface area contributed by atoms with E-state index in [1.807, 2.05) is 0 Å². The van der Waals surface area contributed by atoms with Gasteiger partial charge in [0.15, 0.2) is 5.75 Å². The Morgan fingerprint density at radius 3 is 2.69 bits per heavy atom. The molecule has 2 aromatic carbocycles. The maximum absolute atomic E-state index is 12.5. The number of ether oxygens (including phenoxy) is 2. The largest absolute Gasteiger partial charge is 0.487 e. The fraction of sp³-hybridized carbons (Fsp3) is 0.176. The van der Waals surface area contributed by atoms with Crippen molar-refractivity contribution >= 4 is 23.2 Å². The van der Waals surface area contributed by atoms with Crippen LogP contribution in [0.15, 0.2) is 48.8 Å². The number of nitrogens with one attached hydrogen (secondary N) is 1. The number of carbonyl (C=O) groups is 1. The van der Waals surface area contributed by atoms with Crippen LogP contribution < -0.4 is 10.1 Å². The van der Waals surface area contributed by atoms with Crippen LogP contribution in [0.4, 0.5) is 5.69 Å². The maximum Gasteiger partial charge on any atom is 0.255 e. The first-order valence-corrected chi connectivity index (χ1v) is 8.12. The summed E-state index contributed by atoms with van der Waals surface area (Å²) in [4.78, 5) is 12.5. The zero-order chi connectivity index (χ0) is 18.4. The summed E-state index contributed by atoms with van der Waals surface area (Å²) < 4.78 is 12.1. The number of halogens is 1. The molecule has 0 aliphatic carbocycles. The van der Waals surface area contributed by atoms with Gasteiger partial charge in [-0.3, -0.25) is 4.79 Å². The molecule has 0 spiro atoms. The van der Waals surface area contributed by atoms with Crippen LogP contribution in [0.2, 0.25) is 5.02 Å². The molecule has 0 atom stereocenters. The molecule has 0 unspecified atom stereocenters. The van der Waals surface area contributed by atoms with Gasteiger partial charge in [0.05, 0.1) is 23.0 Å². The minimum Gasteiger partial charge on any atom is -0.487 e. The maximum atomic E-state index is 12.5. The highest BCUT2D eigenvalue weighted by Crippen LogP contribution is 2.33. The van der Waals surface area contributed by atoms with Gasteiger partial charge in [0.25, 0.3) is 5.91 Å². The van der Waals surface area contributed by atoms with E-state index >= 15 is 0 Å². The smallest absolute Gasteiger partial charge is 0.255 e. The molecule has 26 heavy (non-hydrogen) atoms. The standard InChI is InChI=1S/C17H16ClN5O3/c1-25-9-10-26-16-14(18)3-2-4-15(16)20-17(24)12-5-7-13(8-6-12)23-11-19-21-22-23/h2-8,11H,9-10H2,1H3,(H,20,24). The summed E-state index contributed by atoms with van der Waals surface area (Å²) in [6.45, 7) is 0.737. The second kappa shape index (κ2) is 8.41. The molecule has 0 saturated heterocycles. The summed E-state index contributed by atoms with van der Waals surface area (Å²) in [6, 6.07) is 12.0. The molecule has 1 N–H and O–H groups in total. The van der Waals surface area contributed by atoms with Gasteiger partial charge in [-0.25, -0.2) is 4.68 Å². The number of hydrogen-bond acceptors (Lipinski definition) is 6. The van der Waals surface area contributed by atoms with Crippen molar-refractivity contribution in [3.8, 4) is 11.4 Å². The fourth-order valence-electron chi connectivity index (χ4n) is 2.22. The Labute approximate surface area is 154 Å². The number of para-hydroxylation sites is 1. The van der Waals surface area contributed by atoms with Crippen molar-refractivity contribution in [3.63, 3.8) is 0 Å². The average Bonchev–Trinajstić information content (AvgIpc) is 3.19. The lowest BCUT2D eigenvalue weighted by Gasteiger charge is -2.14. The monoisotopic (exact) mass is 373 g/mol. The van der Waals surface area contributed by atoms with Crippen LogP contribution in [0, 0.1) is 0 Å². The quantitative estimate of drug-likeness (QED) is 0.640. The zero-order valence-corrected chi connectivity index (χ0v) is 14.7. The van der Waals surface area contributed by atoms with Crippen molar-refractivity contribution in [2.24, 2.45) is 0 Å². The number of carbonyl (C=O) groups excluding carboxylic acids is 1. The van der Waals surface area contributed by atoms with Crippen LogP contribution >= 0.6 is 11.6 Å². The van der Waals surface area contributed by atoms with Gasteiger partial charge in [0.2, 0.25) is 0 Å². The van der Waals surface area contributed by atoms with Crippen LogP contribution in [0.25, 0.3) is 5.69 Å². The number of amides is 1. The van der Waals surface area contributed by atoms with E-state index in [0.29, 0.717) is 35.2 Å². The molecule has 0 aliphatic rings. The van der Waals surface area contributed by atoms with Gasteiger partial charge in [-0.1, -0.05) is 17.7 Å². The van der Waals surface area contributed by atoms with Crippen LogP contribution in [-0.4, -0.2) is 46.4 Å². The Balaban J connectivity index is 1.74. The summed E-state index contributed by atoms with van der Waals surface area (Å²) >= 11 is 6.18. The first-order valence-electron chi connectivity index (χ1n) is 7.74. The highest BCUT2D eigenvalue weighted by Gasteiger charge is 2.13. The third-order valence-corrected chi connectivity index (χ3v) is 3.79. The Morgan fingerprint density at radius 2 is 2.00 bits per heavy atom. The molecule has 3 aromatic rings. The van der Waals surface area contributed by atoms with E-state index in [4.69, 9.17) is 21.1 Å². The van der Waals surface area contributed by atoms with Crippen molar-refractivity contribution in [3.05, 3.63) is 59.4 Å². The lowest BCUT2D eigenvalue weighted by molar-refractivity contribution is 0.102. The molecule has 0 aliphatic heterocycles. The highest BCUT2D eigenvalue weighted by molar-refractivity contribution is 6.32. The molecular weight excluding hydrogens is 358 g/mol. The first-order chi connectivity index (χ1) is 12.7. The van der Waals surface area contributed by atoms with Gasteiger partial charge in [0.1, 0.15) is 12.9 Å². The Morgan fingerprint density at radius 1 is 1.19 bits per heavy atom. The SMILES string of the molecule is COCCOc1c(Cl)cccc1NC(=O)c1ccc(-n2cnnn2)cc1. The molecule has 1 amide bonds. The normalized spacial score (nSPS) is 10.5. The number of hydrogen-bond donors (Lipinski definition) is 1. The van der Waals surface area contributed by atoms with Crippen LogP contribution in [0.3, 0.4) is 0 Å². The predicted octanol–water partition coefficient (Wildman–Crippen LogP) is 2.59. The number of rotatable bonds is 7. The van der Waals surface area contributed by atoms with Gasteiger partial charge >= 0.3 is 0 Å². The number of tetrazole rings is 1. The Bertz CT molecular complexity index is 869. The van der Waals surface area contributed by atoms with Gasteiger partial charge in [-0.2, -0.15) is 0 Å². The number of nitrogens with zero attached hydrogens (tertiary/aromatic N) is 4. The molecule has 0 bridgehead atoms. The van der Waals surface area contributed by atoms with E-state index in [2.05, 4.69) is 20.8 Å². The van der Waals surface area contributed by atoms with Crippen LogP contribution in [-0.2, 0) is 4.74 Å². The Kier molecular flexibility index (Phi) is 5.77. The molecule has 1 heterocycles. The first kappa shape index (κ1) is 17.8. The van der Waals surface area contributed by atoms with Crippen LogP contribution in [0.1, 0.15) is 10.4 Å². The van der Waals surface area contributed by atoms with Crippen molar-refractivity contribution in [2.45, 2.75) is 0 Å². The number of benzene rings is 2. The second-order valence-corrected chi connectivity index (χ2v) is 5.62. The molecular formula is C17H16ClN5O3. The topological polar surface area (TPSA) is 91.2 Å². The molecule has 134 valence electrons. The highest BCUT2D eigenvalue weighted by atomic mass is 35.5. The third-order valence-electron chi connectivity index (χ3n) is 3.49. The van der Waals surface area contributed by atoms with Crippen molar-refractivity contribution in [1.82, 2.24) is 20.2 Å². The van der Waals surface area contributed by atoms with Crippen molar-refractivity contribution < 1.29 is 14.3 Å². The predicted molar refractivity (Wildman–Crippen MR) is 95.9 cm³/mol. The van der Waals surface area contributed by atoms with E-state index in [9.17, 15) is 4.79 Å². The molecule has 8 nitrogen and oxygen atoms in total. The molecule has 9 heteroatoms. The molecule has 0 radical (unpaired) electrons. The number of anilines is 1. The fourth-order valence-corrected chi connectivity index (χ4v) is 2.45. The Hall–Kier alpha value is -2.97. The van der Waals surface area contributed by atoms with E-state index in [1.165, 1.54) is 11.0 Å². The summed E-state index contributed by atoms with van der Waals surface area (Å²) in [6.07, 6.45) is 1.48. The summed E-state index contributed by atoms with van der Waals surface area (Å²) in [5.74, 6) is 0.122. The second-order valence-electron chi connectivity index (χ2n) is 5.21. The molecule has 0 saturated carbocycles. The summed E-state index contributed by atoms with van der Waals surface area (Å²) in [5.41, 5.74) is 1.71. The van der Waals surface area contributed by atoms with E-state index in [-0.39, 0.29) is 5.91 Å². The van der Waals surface area contributed by atoms with Crippen molar-refractivity contribution in [2.75, 3.05) is 25.6 Å². The summed E-state index contributed by atoms with van der Waals surface area (Å²) in [7, 11) is 1.58. The number of methoxy groups -OCH3 is 1. The average molecular weight is 374 g/mol. The zero-order valence-electron chi connectivity index (χ0n) is 13.9. The third kappa shape index (κ3) is 4.16. The summed E-state index contributed by atoms with van der Waals surface area (Å²) in [5, 5.41) is 14.2. The van der Waals surface area contributed by atoms with Crippen molar-refractivity contribution in [1.29, 1.82) is 0 Å².